The Balaban J connectivity index is 0. The minimum absolute atomic E-state index is 0.577. The number of hydrogen-bond acceptors (Lipinski definition) is 4. The maximum absolute atomic E-state index is 5.51. The number of benzene rings is 1. The van der Waals surface area contributed by atoms with Crippen LogP contribution in [-0.4, -0.2) is 25.0 Å². The van der Waals surface area contributed by atoms with Crippen LogP contribution < -0.4 is 4.74 Å². The maximum atomic E-state index is 5.51. The summed E-state index contributed by atoms with van der Waals surface area (Å²) in [6.45, 7) is 13.9. The van der Waals surface area contributed by atoms with Crippen molar-refractivity contribution in [1.82, 2.24) is 5.16 Å². The van der Waals surface area contributed by atoms with Crippen molar-refractivity contribution in [3.8, 4) is 5.75 Å². The third-order valence-electron chi connectivity index (χ3n) is 2.45. The molecular formula is C20H35NO3. The number of nitrogens with zero attached hydrogens (tertiary/aromatic N) is 1. The van der Waals surface area contributed by atoms with Gasteiger partial charge in [-0.25, -0.2) is 0 Å². The van der Waals surface area contributed by atoms with Crippen molar-refractivity contribution in [2.75, 3.05) is 19.8 Å². The monoisotopic (exact) mass is 337 g/mol. The van der Waals surface area contributed by atoms with Crippen molar-refractivity contribution in [2.45, 2.75) is 54.4 Å². The van der Waals surface area contributed by atoms with E-state index in [0.29, 0.717) is 19.8 Å². The maximum Gasteiger partial charge on any atom is 0.124 e. The van der Waals surface area contributed by atoms with Crippen LogP contribution in [-0.2, 0) is 11.2 Å². The van der Waals surface area contributed by atoms with Gasteiger partial charge in [0.15, 0.2) is 0 Å². The van der Waals surface area contributed by atoms with Gasteiger partial charge in [0.2, 0.25) is 0 Å². The number of para-hydroxylation sites is 1. The molecule has 24 heavy (non-hydrogen) atoms. The molecule has 0 saturated carbocycles. The lowest BCUT2D eigenvalue weighted by atomic mass is 10.2. The first kappa shape index (κ1) is 24.4. The lowest BCUT2D eigenvalue weighted by Crippen LogP contribution is -2.07. The molecule has 138 valence electrons. The minimum Gasteiger partial charge on any atom is -0.491 e. The summed E-state index contributed by atoms with van der Waals surface area (Å²) in [5.41, 5.74) is 0.971. The van der Waals surface area contributed by atoms with Crippen LogP contribution >= 0.6 is 0 Å². The van der Waals surface area contributed by atoms with E-state index in [2.05, 4.69) is 5.16 Å². The Morgan fingerprint density at radius 3 is 2.08 bits per heavy atom. The topological polar surface area (TPSA) is 44.5 Å². The summed E-state index contributed by atoms with van der Waals surface area (Å²) in [4.78, 5) is 0. The Hall–Kier alpha value is -1.81. The summed E-state index contributed by atoms with van der Waals surface area (Å²) in [7, 11) is 0. The number of rotatable bonds is 8. The van der Waals surface area contributed by atoms with Crippen LogP contribution in [0.5, 0.6) is 5.75 Å². The third kappa shape index (κ3) is 13.8. The number of aromatic nitrogens is 1. The van der Waals surface area contributed by atoms with Crippen molar-refractivity contribution >= 4 is 0 Å². The summed E-state index contributed by atoms with van der Waals surface area (Å²) in [5, 5.41) is 3.83. The molecule has 0 fully saturated rings. The standard InChI is InChI=1S/C14H17NO3.3C2H6/c1-2-6-14(7-3-1)17-12-11-16-9-4-5-13-8-10-18-15-13;3*1-2/h1-3,6-8,10H,4-5,9,11-12H2;3*1-2H3. The van der Waals surface area contributed by atoms with E-state index < -0.39 is 0 Å². The molecule has 0 spiro atoms. The molecule has 0 radical (unpaired) electrons. The second-order valence-corrected chi connectivity index (χ2v) is 3.87. The zero-order valence-electron chi connectivity index (χ0n) is 16.2. The van der Waals surface area contributed by atoms with Gasteiger partial charge in [-0.3, -0.25) is 0 Å². The molecule has 0 N–H and O–H groups in total. The molecule has 2 aromatic rings. The number of aryl methyl sites for hydroxylation is 1. The molecule has 0 saturated heterocycles. The van der Waals surface area contributed by atoms with Crippen molar-refractivity contribution in [3.05, 3.63) is 48.4 Å². The van der Waals surface area contributed by atoms with Crippen LogP contribution in [0.3, 0.4) is 0 Å². The van der Waals surface area contributed by atoms with Gasteiger partial charge in [-0.1, -0.05) is 64.9 Å². The van der Waals surface area contributed by atoms with Gasteiger partial charge < -0.3 is 14.0 Å². The van der Waals surface area contributed by atoms with Crippen LogP contribution in [0.1, 0.15) is 53.7 Å². The van der Waals surface area contributed by atoms with Crippen molar-refractivity contribution in [1.29, 1.82) is 0 Å². The van der Waals surface area contributed by atoms with Crippen molar-refractivity contribution in [3.63, 3.8) is 0 Å². The minimum atomic E-state index is 0.577. The molecule has 0 aliphatic carbocycles. The van der Waals surface area contributed by atoms with E-state index in [0.717, 1.165) is 24.3 Å². The Bertz CT molecular complexity index is 416. The molecular weight excluding hydrogens is 302 g/mol. The Kier molecular flexibility index (Phi) is 21.6. The SMILES string of the molecule is CC.CC.CC.c1ccc(OCCOCCCc2ccon2)cc1. The van der Waals surface area contributed by atoms with Crippen LogP contribution in [0.4, 0.5) is 0 Å². The molecule has 1 aromatic carbocycles. The van der Waals surface area contributed by atoms with E-state index in [1.54, 1.807) is 6.26 Å². The van der Waals surface area contributed by atoms with Gasteiger partial charge in [-0.15, -0.1) is 0 Å². The lowest BCUT2D eigenvalue weighted by molar-refractivity contribution is 0.0983. The van der Waals surface area contributed by atoms with Crippen LogP contribution in [0.2, 0.25) is 0 Å². The predicted octanol–water partition coefficient (Wildman–Crippen LogP) is 5.78. The highest BCUT2D eigenvalue weighted by Gasteiger charge is 1.96. The Morgan fingerprint density at radius 2 is 1.50 bits per heavy atom. The van der Waals surface area contributed by atoms with E-state index in [9.17, 15) is 0 Å². The lowest BCUT2D eigenvalue weighted by Gasteiger charge is -2.06. The first-order chi connectivity index (χ1) is 11.9. The fourth-order valence-electron chi connectivity index (χ4n) is 1.56. The van der Waals surface area contributed by atoms with E-state index in [4.69, 9.17) is 14.0 Å². The molecule has 1 heterocycles. The highest BCUT2D eigenvalue weighted by molar-refractivity contribution is 5.20. The molecule has 0 atom stereocenters. The van der Waals surface area contributed by atoms with Gasteiger partial charge in [0, 0.05) is 12.7 Å². The molecule has 2 rings (SSSR count). The van der Waals surface area contributed by atoms with E-state index in [1.807, 2.05) is 77.9 Å². The molecule has 1 aromatic heterocycles. The van der Waals surface area contributed by atoms with E-state index in [-0.39, 0.29) is 0 Å². The zero-order valence-corrected chi connectivity index (χ0v) is 16.2. The zero-order chi connectivity index (χ0) is 18.5. The molecule has 0 amide bonds. The quantitative estimate of drug-likeness (QED) is 0.573. The molecule has 0 bridgehead atoms. The van der Waals surface area contributed by atoms with Crippen molar-refractivity contribution < 1.29 is 14.0 Å². The van der Waals surface area contributed by atoms with Crippen molar-refractivity contribution in [2.24, 2.45) is 0 Å². The second-order valence-electron chi connectivity index (χ2n) is 3.87. The van der Waals surface area contributed by atoms with Gasteiger partial charge in [-0.05, 0) is 25.0 Å². The molecule has 0 unspecified atom stereocenters. The van der Waals surface area contributed by atoms with Crippen LogP contribution in [0, 0.1) is 0 Å². The molecule has 0 aliphatic heterocycles. The van der Waals surface area contributed by atoms with Gasteiger partial charge >= 0.3 is 0 Å². The fourth-order valence-corrected chi connectivity index (χ4v) is 1.56. The molecule has 4 heteroatoms. The summed E-state index contributed by atoms with van der Waals surface area (Å²) in [5.74, 6) is 0.878. The van der Waals surface area contributed by atoms with E-state index >= 15 is 0 Å². The van der Waals surface area contributed by atoms with Crippen LogP contribution in [0.15, 0.2) is 47.2 Å². The average Bonchev–Trinajstić information content (AvgIpc) is 3.20. The van der Waals surface area contributed by atoms with Gasteiger partial charge in [0.1, 0.15) is 18.6 Å². The third-order valence-corrected chi connectivity index (χ3v) is 2.45. The summed E-state index contributed by atoms with van der Waals surface area (Å²) in [6.07, 6.45) is 3.41. The van der Waals surface area contributed by atoms with Gasteiger partial charge in [0.25, 0.3) is 0 Å². The summed E-state index contributed by atoms with van der Waals surface area (Å²) >= 11 is 0. The van der Waals surface area contributed by atoms with Gasteiger partial charge in [0.05, 0.1) is 12.3 Å². The first-order valence-corrected chi connectivity index (χ1v) is 9.10. The summed E-state index contributed by atoms with van der Waals surface area (Å²) < 4.78 is 15.7. The largest absolute Gasteiger partial charge is 0.491 e. The number of ether oxygens (including phenoxy) is 2. The smallest absolute Gasteiger partial charge is 0.124 e. The molecule has 4 nitrogen and oxygen atoms in total. The average molecular weight is 338 g/mol. The Morgan fingerprint density at radius 1 is 0.833 bits per heavy atom. The Labute approximate surface area is 148 Å². The normalized spacial score (nSPS) is 8.58. The summed E-state index contributed by atoms with van der Waals surface area (Å²) in [6, 6.07) is 11.6. The first-order valence-electron chi connectivity index (χ1n) is 9.10. The second kappa shape index (κ2) is 21.2. The molecule has 0 aliphatic rings. The predicted molar refractivity (Wildman–Crippen MR) is 102 cm³/mol. The van der Waals surface area contributed by atoms with Gasteiger partial charge in [-0.2, -0.15) is 0 Å². The van der Waals surface area contributed by atoms with Crippen LogP contribution in [0.25, 0.3) is 0 Å². The fraction of sp³-hybridized carbons (Fsp3) is 0.550. The highest BCUT2D eigenvalue weighted by Crippen LogP contribution is 2.07. The highest BCUT2D eigenvalue weighted by atomic mass is 16.5. The number of hydrogen-bond donors (Lipinski definition) is 0. The van der Waals surface area contributed by atoms with E-state index in [1.165, 1.54) is 0 Å².